The average molecular weight is 340 g/mol. The van der Waals surface area contributed by atoms with Crippen molar-refractivity contribution >= 4 is 32.6 Å². The van der Waals surface area contributed by atoms with Crippen molar-refractivity contribution < 1.29 is 9.53 Å². The molecule has 4 nitrogen and oxygen atoms in total. The summed E-state index contributed by atoms with van der Waals surface area (Å²) < 4.78 is 6.78. The number of ether oxygens (including phenoxy) is 1. The lowest BCUT2D eigenvalue weighted by molar-refractivity contribution is -0.118. The molecule has 1 aromatic heterocycles. The molecular weight excluding hydrogens is 320 g/mol. The normalized spacial score (nSPS) is 10.8. The quantitative estimate of drug-likeness (QED) is 0.624. The van der Waals surface area contributed by atoms with Crippen molar-refractivity contribution in [2.24, 2.45) is 0 Å². The predicted molar refractivity (Wildman–Crippen MR) is 98.9 cm³/mol. The van der Waals surface area contributed by atoms with Gasteiger partial charge >= 0.3 is 0 Å². The van der Waals surface area contributed by atoms with E-state index < -0.39 is 0 Å². The maximum absolute atomic E-state index is 12.3. The van der Waals surface area contributed by atoms with Crippen LogP contribution >= 0.6 is 11.3 Å². The molecule has 1 heterocycles. The second-order valence-corrected chi connectivity index (χ2v) is 6.69. The molecule has 0 unspecified atom stereocenters. The van der Waals surface area contributed by atoms with Gasteiger partial charge in [-0.1, -0.05) is 35.6 Å². The third kappa shape index (κ3) is 3.92. The summed E-state index contributed by atoms with van der Waals surface area (Å²) >= 11 is 1.53. The summed E-state index contributed by atoms with van der Waals surface area (Å²) in [5.41, 5.74) is 2.10. The van der Waals surface area contributed by atoms with Crippen LogP contribution in [-0.2, 0) is 4.79 Å². The first-order chi connectivity index (χ1) is 11.6. The molecule has 0 aliphatic rings. The number of benzene rings is 2. The monoisotopic (exact) mass is 340 g/mol. The third-order valence-electron chi connectivity index (χ3n) is 3.74. The highest BCUT2D eigenvalue weighted by Crippen LogP contribution is 2.28. The largest absolute Gasteiger partial charge is 0.494 e. The van der Waals surface area contributed by atoms with Crippen LogP contribution in [0, 0.1) is 6.92 Å². The molecule has 24 heavy (non-hydrogen) atoms. The molecule has 124 valence electrons. The van der Waals surface area contributed by atoms with Crippen molar-refractivity contribution in [3.05, 3.63) is 54.1 Å². The van der Waals surface area contributed by atoms with Gasteiger partial charge in [-0.05, 0) is 43.2 Å². The van der Waals surface area contributed by atoms with E-state index >= 15 is 0 Å². The van der Waals surface area contributed by atoms with Gasteiger partial charge in [0.1, 0.15) is 5.75 Å². The topological polar surface area (TPSA) is 42.4 Å². The van der Waals surface area contributed by atoms with Crippen molar-refractivity contribution in [2.75, 3.05) is 18.6 Å². The van der Waals surface area contributed by atoms with Crippen molar-refractivity contribution in [3.8, 4) is 5.75 Å². The molecule has 0 fully saturated rings. The second kappa shape index (κ2) is 7.45. The minimum absolute atomic E-state index is 0.0573. The van der Waals surface area contributed by atoms with Crippen molar-refractivity contribution in [1.29, 1.82) is 0 Å². The number of thiazole rings is 1. The Morgan fingerprint density at radius 1 is 1.21 bits per heavy atom. The van der Waals surface area contributed by atoms with Gasteiger partial charge in [0.15, 0.2) is 5.13 Å². The highest BCUT2D eigenvalue weighted by molar-refractivity contribution is 7.22. The van der Waals surface area contributed by atoms with E-state index in [1.165, 1.54) is 16.9 Å². The Labute approximate surface area is 145 Å². The molecule has 3 rings (SSSR count). The highest BCUT2D eigenvalue weighted by atomic mass is 32.1. The summed E-state index contributed by atoms with van der Waals surface area (Å²) in [6, 6.07) is 15.8. The summed E-state index contributed by atoms with van der Waals surface area (Å²) in [6.07, 6.45) is 1.13. The minimum Gasteiger partial charge on any atom is -0.494 e. The van der Waals surface area contributed by atoms with E-state index in [9.17, 15) is 4.79 Å². The maximum Gasteiger partial charge on any atom is 0.228 e. The number of amides is 1. The number of hydrogen-bond donors (Lipinski definition) is 0. The molecule has 0 aliphatic carbocycles. The van der Waals surface area contributed by atoms with E-state index in [1.807, 2.05) is 55.5 Å². The zero-order chi connectivity index (χ0) is 16.9. The van der Waals surface area contributed by atoms with E-state index in [2.05, 4.69) is 4.98 Å². The SMILES string of the molecule is Cc1cccc(OCCCC(=O)N(C)c2nc3ccccc3s2)c1. The van der Waals surface area contributed by atoms with Crippen molar-refractivity contribution in [1.82, 2.24) is 4.98 Å². The first-order valence-corrected chi connectivity index (χ1v) is 8.77. The molecule has 0 saturated carbocycles. The maximum atomic E-state index is 12.3. The molecule has 5 heteroatoms. The van der Waals surface area contributed by atoms with Crippen molar-refractivity contribution in [2.45, 2.75) is 19.8 Å². The minimum atomic E-state index is 0.0573. The van der Waals surface area contributed by atoms with E-state index in [1.54, 1.807) is 11.9 Å². The molecule has 0 saturated heterocycles. The van der Waals surface area contributed by atoms with E-state index in [0.717, 1.165) is 21.1 Å². The summed E-state index contributed by atoms with van der Waals surface area (Å²) in [5.74, 6) is 0.906. The van der Waals surface area contributed by atoms with Gasteiger partial charge in [-0.15, -0.1) is 0 Å². The van der Waals surface area contributed by atoms with Crippen LogP contribution in [0.5, 0.6) is 5.75 Å². The molecule has 0 aliphatic heterocycles. The Morgan fingerprint density at radius 3 is 2.83 bits per heavy atom. The molecular formula is C19H20N2O2S. The van der Waals surface area contributed by atoms with Gasteiger partial charge in [-0.3, -0.25) is 9.69 Å². The number of para-hydroxylation sites is 1. The number of aryl methyl sites for hydroxylation is 1. The Hall–Kier alpha value is -2.40. The number of carbonyl (C=O) groups excluding carboxylic acids is 1. The van der Waals surface area contributed by atoms with Gasteiger partial charge in [-0.25, -0.2) is 4.98 Å². The lowest BCUT2D eigenvalue weighted by Crippen LogP contribution is -2.26. The second-order valence-electron chi connectivity index (χ2n) is 5.69. The zero-order valence-electron chi connectivity index (χ0n) is 13.9. The smallest absolute Gasteiger partial charge is 0.228 e. The van der Waals surface area contributed by atoms with Gasteiger partial charge in [0.25, 0.3) is 0 Å². The summed E-state index contributed by atoms with van der Waals surface area (Å²) in [6.45, 7) is 2.56. The lowest BCUT2D eigenvalue weighted by atomic mass is 10.2. The lowest BCUT2D eigenvalue weighted by Gasteiger charge is -2.13. The molecule has 0 spiro atoms. The molecule has 1 amide bonds. The number of anilines is 1. The van der Waals surface area contributed by atoms with Gasteiger partial charge in [0, 0.05) is 13.5 Å². The number of carbonyl (C=O) groups is 1. The van der Waals surface area contributed by atoms with Gasteiger partial charge in [0.05, 0.1) is 16.8 Å². The Kier molecular flexibility index (Phi) is 5.11. The molecule has 0 bridgehead atoms. The molecule has 0 N–H and O–H groups in total. The zero-order valence-corrected chi connectivity index (χ0v) is 14.7. The fraction of sp³-hybridized carbons (Fsp3) is 0.263. The molecule has 2 aromatic carbocycles. The number of rotatable bonds is 6. The van der Waals surface area contributed by atoms with Crippen LogP contribution in [0.3, 0.4) is 0 Å². The highest BCUT2D eigenvalue weighted by Gasteiger charge is 2.14. The van der Waals surface area contributed by atoms with Crippen LogP contribution in [0.2, 0.25) is 0 Å². The first-order valence-electron chi connectivity index (χ1n) is 7.95. The molecule has 0 radical (unpaired) electrons. The number of hydrogen-bond acceptors (Lipinski definition) is 4. The Morgan fingerprint density at radius 2 is 2.04 bits per heavy atom. The fourth-order valence-corrected chi connectivity index (χ4v) is 3.34. The van der Waals surface area contributed by atoms with Crippen LogP contribution < -0.4 is 9.64 Å². The van der Waals surface area contributed by atoms with E-state index in [4.69, 9.17) is 4.74 Å². The van der Waals surface area contributed by atoms with Gasteiger partial charge < -0.3 is 4.74 Å². The molecule has 0 atom stereocenters. The predicted octanol–water partition coefficient (Wildman–Crippen LogP) is 4.43. The van der Waals surface area contributed by atoms with Crippen LogP contribution in [0.15, 0.2) is 48.5 Å². The van der Waals surface area contributed by atoms with Gasteiger partial charge in [-0.2, -0.15) is 0 Å². The number of fused-ring (bicyclic) bond motifs is 1. The van der Waals surface area contributed by atoms with E-state index in [0.29, 0.717) is 19.4 Å². The molecule has 3 aromatic rings. The van der Waals surface area contributed by atoms with Crippen LogP contribution in [0.4, 0.5) is 5.13 Å². The Balaban J connectivity index is 1.51. The van der Waals surface area contributed by atoms with Crippen LogP contribution in [-0.4, -0.2) is 24.5 Å². The van der Waals surface area contributed by atoms with Crippen LogP contribution in [0.25, 0.3) is 10.2 Å². The fourth-order valence-electron chi connectivity index (χ4n) is 2.40. The summed E-state index contributed by atoms with van der Waals surface area (Å²) in [7, 11) is 1.78. The average Bonchev–Trinajstić information content (AvgIpc) is 3.02. The summed E-state index contributed by atoms with van der Waals surface area (Å²) in [5, 5.41) is 0.737. The van der Waals surface area contributed by atoms with Crippen molar-refractivity contribution in [3.63, 3.8) is 0 Å². The third-order valence-corrected chi connectivity index (χ3v) is 4.85. The van der Waals surface area contributed by atoms with E-state index in [-0.39, 0.29) is 5.91 Å². The van der Waals surface area contributed by atoms with Gasteiger partial charge in [0.2, 0.25) is 5.91 Å². The summed E-state index contributed by atoms with van der Waals surface area (Å²) in [4.78, 5) is 18.5. The van der Waals surface area contributed by atoms with Crippen LogP contribution in [0.1, 0.15) is 18.4 Å². The number of aromatic nitrogens is 1. The standard InChI is InChI=1S/C19H20N2O2S/c1-14-7-5-8-15(13-14)23-12-6-11-18(22)21(2)19-20-16-9-3-4-10-17(16)24-19/h3-5,7-10,13H,6,11-12H2,1-2H3. The first kappa shape index (κ1) is 16.5. The number of nitrogens with zero attached hydrogens (tertiary/aromatic N) is 2. The Bertz CT molecular complexity index is 811.